The summed E-state index contributed by atoms with van der Waals surface area (Å²) in [6, 6.07) is 0.414. The molecule has 1 aliphatic heterocycles. The van der Waals surface area contributed by atoms with Gasteiger partial charge in [0.25, 0.3) is 0 Å². The number of fused-ring (bicyclic) bond motifs is 1. The summed E-state index contributed by atoms with van der Waals surface area (Å²) in [4.78, 5) is 2.68. The van der Waals surface area contributed by atoms with Gasteiger partial charge < -0.3 is 15.3 Å². The summed E-state index contributed by atoms with van der Waals surface area (Å²) in [7, 11) is 0. The van der Waals surface area contributed by atoms with Crippen molar-refractivity contribution in [2.75, 3.05) is 13.1 Å². The molecule has 3 N–H and O–H groups in total. The van der Waals surface area contributed by atoms with Crippen molar-refractivity contribution in [2.45, 2.75) is 77.2 Å². The van der Waals surface area contributed by atoms with Crippen LogP contribution in [0.5, 0.6) is 0 Å². The largest absolute Gasteiger partial charge is 0.393 e. The van der Waals surface area contributed by atoms with Crippen molar-refractivity contribution in [1.82, 2.24) is 4.90 Å². The number of rotatable bonds is 1. The summed E-state index contributed by atoms with van der Waals surface area (Å²) < 4.78 is 0. The van der Waals surface area contributed by atoms with E-state index in [1.54, 1.807) is 0 Å². The smallest absolute Gasteiger partial charge is 0.0631 e. The summed E-state index contributed by atoms with van der Waals surface area (Å²) in [5, 5.41) is 34.0. The molecule has 6 aliphatic rings. The Hall–Kier alpha value is -0.160. The monoisotopic (exact) mass is 361 g/mol. The molecule has 5 saturated carbocycles. The lowest BCUT2D eigenvalue weighted by Crippen LogP contribution is -2.68. The third kappa shape index (κ3) is 1.41. The normalized spacial score (nSPS) is 68.3. The average Bonchev–Trinajstić information content (AvgIpc) is 3.14. The van der Waals surface area contributed by atoms with Crippen molar-refractivity contribution in [3.63, 3.8) is 0 Å². The van der Waals surface area contributed by atoms with Crippen LogP contribution < -0.4 is 0 Å². The predicted molar refractivity (Wildman–Crippen MR) is 98.2 cm³/mol. The first kappa shape index (κ1) is 16.8. The molecule has 7 bridgehead atoms. The van der Waals surface area contributed by atoms with Gasteiger partial charge in [-0.15, -0.1) is 0 Å². The highest BCUT2D eigenvalue weighted by atomic mass is 16.3. The fraction of sp³-hybridized carbons (Fsp3) is 1.00. The highest BCUT2D eigenvalue weighted by molar-refractivity contribution is 5.34. The van der Waals surface area contributed by atoms with Gasteiger partial charge in [-0.05, 0) is 73.7 Å². The molecule has 4 nitrogen and oxygen atoms in total. The van der Waals surface area contributed by atoms with Crippen LogP contribution in [0.3, 0.4) is 0 Å². The van der Waals surface area contributed by atoms with Crippen LogP contribution in [0.15, 0.2) is 0 Å². The average molecular weight is 362 g/mol. The molecule has 0 radical (unpaired) electrons. The van der Waals surface area contributed by atoms with Gasteiger partial charge in [0.05, 0.1) is 18.3 Å². The number of aliphatic hydroxyl groups is 3. The molecule has 0 amide bonds. The fourth-order valence-electron chi connectivity index (χ4n) is 10.4. The maximum absolute atomic E-state index is 11.5. The summed E-state index contributed by atoms with van der Waals surface area (Å²) in [6.45, 7) is 9.09. The Morgan fingerprint density at radius 2 is 1.88 bits per heavy atom. The summed E-state index contributed by atoms with van der Waals surface area (Å²) in [5.74, 6) is 1.80. The lowest BCUT2D eigenvalue weighted by molar-refractivity contribution is -0.218. The van der Waals surface area contributed by atoms with Crippen LogP contribution in [0.2, 0.25) is 0 Å². The Kier molecular flexibility index (Phi) is 3.03. The van der Waals surface area contributed by atoms with E-state index in [0.29, 0.717) is 29.2 Å². The number of piperidine rings is 1. The molecule has 0 aromatic carbocycles. The van der Waals surface area contributed by atoms with E-state index in [2.05, 4.69) is 25.7 Å². The quantitative estimate of drug-likeness (QED) is 0.667. The Bertz CT molecular complexity index is 655. The van der Waals surface area contributed by atoms with Crippen molar-refractivity contribution in [3.05, 3.63) is 0 Å². The minimum absolute atomic E-state index is 0.0541. The first-order valence-corrected chi connectivity index (χ1v) is 11.1. The third-order valence-electron chi connectivity index (χ3n) is 11.0. The molecule has 6 rings (SSSR count). The van der Waals surface area contributed by atoms with Crippen LogP contribution in [-0.4, -0.2) is 57.7 Å². The Morgan fingerprint density at radius 3 is 2.62 bits per heavy atom. The van der Waals surface area contributed by atoms with Gasteiger partial charge in [0.2, 0.25) is 0 Å². The second kappa shape index (κ2) is 4.69. The van der Waals surface area contributed by atoms with Gasteiger partial charge in [0.15, 0.2) is 0 Å². The van der Waals surface area contributed by atoms with Crippen LogP contribution in [0, 0.1) is 45.8 Å². The Morgan fingerprint density at radius 1 is 1.12 bits per heavy atom. The number of hydrogen-bond acceptors (Lipinski definition) is 4. The van der Waals surface area contributed by atoms with Gasteiger partial charge in [0, 0.05) is 23.4 Å². The molecule has 5 aliphatic carbocycles. The second-order valence-electron chi connectivity index (χ2n) is 11.3. The van der Waals surface area contributed by atoms with Crippen molar-refractivity contribution in [1.29, 1.82) is 0 Å². The second-order valence-corrected chi connectivity index (χ2v) is 11.3. The Labute approximate surface area is 157 Å². The number of likely N-dealkylation sites (tertiary alicyclic amines) is 1. The number of nitrogens with zero attached hydrogens (tertiary/aromatic N) is 1. The maximum Gasteiger partial charge on any atom is 0.0631 e. The lowest BCUT2D eigenvalue weighted by atomic mass is 9.43. The standard InChI is InChI=1S/C22H35NO3/c1-4-23-10-20(3)6-5-17(25)22-15(20)7-13(18(22)23)21-9-12(11(2)19(21)26)14(24)8-16(21)22/h11-19,24-26H,4-10H2,1-3H3. The van der Waals surface area contributed by atoms with E-state index >= 15 is 0 Å². The molecule has 2 spiro atoms. The molecular formula is C22H35NO3. The first-order valence-electron chi connectivity index (χ1n) is 11.1. The first-order chi connectivity index (χ1) is 12.3. The number of aliphatic hydroxyl groups excluding tert-OH is 3. The van der Waals surface area contributed by atoms with Crippen LogP contribution >= 0.6 is 0 Å². The van der Waals surface area contributed by atoms with E-state index in [-0.39, 0.29) is 41.0 Å². The van der Waals surface area contributed by atoms with Crippen LogP contribution in [0.4, 0.5) is 0 Å². The molecule has 26 heavy (non-hydrogen) atoms. The van der Waals surface area contributed by atoms with Crippen molar-refractivity contribution < 1.29 is 15.3 Å². The van der Waals surface area contributed by atoms with Gasteiger partial charge in [-0.2, -0.15) is 0 Å². The molecule has 12 unspecified atom stereocenters. The minimum Gasteiger partial charge on any atom is -0.393 e. The molecule has 6 fully saturated rings. The van der Waals surface area contributed by atoms with Crippen molar-refractivity contribution in [2.24, 2.45) is 45.8 Å². The van der Waals surface area contributed by atoms with Crippen LogP contribution in [0.1, 0.15) is 52.9 Å². The van der Waals surface area contributed by atoms with Crippen LogP contribution in [-0.2, 0) is 0 Å². The Balaban J connectivity index is 1.59. The van der Waals surface area contributed by atoms with E-state index in [9.17, 15) is 15.3 Å². The molecule has 4 heteroatoms. The molecule has 1 heterocycles. The van der Waals surface area contributed by atoms with E-state index < -0.39 is 0 Å². The molecule has 0 aromatic heterocycles. The summed E-state index contributed by atoms with van der Waals surface area (Å²) >= 11 is 0. The highest BCUT2D eigenvalue weighted by Gasteiger charge is 2.85. The molecule has 1 saturated heterocycles. The van der Waals surface area contributed by atoms with Crippen molar-refractivity contribution in [3.8, 4) is 0 Å². The fourth-order valence-corrected chi connectivity index (χ4v) is 10.4. The van der Waals surface area contributed by atoms with E-state index in [1.165, 1.54) is 6.42 Å². The summed E-state index contributed by atoms with van der Waals surface area (Å²) in [5.41, 5.74) is 0.142. The molecule has 146 valence electrons. The van der Waals surface area contributed by atoms with Gasteiger partial charge in [-0.3, -0.25) is 4.90 Å². The zero-order chi connectivity index (χ0) is 18.2. The highest BCUT2D eigenvalue weighted by Crippen LogP contribution is 2.83. The summed E-state index contributed by atoms with van der Waals surface area (Å²) in [6.07, 6.45) is 4.15. The van der Waals surface area contributed by atoms with Crippen molar-refractivity contribution >= 4 is 0 Å². The molecule has 12 atom stereocenters. The van der Waals surface area contributed by atoms with E-state index in [0.717, 1.165) is 38.8 Å². The van der Waals surface area contributed by atoms with E-state index in [1.807, 2.05) is 0 Å². The maximum atomic E-state index is 11.5. The predicted octanol–water partition coefficient (Wildman–Crippen LogP) is 1.87. The zero-order valence-electron chi connectivity index (χ0n) is 16.4. The van der Waals surface area contributed by atoms with Gasteiger partial charge in [-0.25, -0.2) is 0 Å². The SMILES string of the molecule is CCN1CC2(C)CCC(O)C34C1C(CC23)C12CC(C(O)CC14)C(C)C2O. The van der Waals surface area contributed by atoms with Gasteiger partial charge in [0.1, 0.15) is 0 Å². The molecule has 0 aromatic rings. The lowest BCUT2D eigenvalue weighted by Gasteiger charge is -2.65. The minimum atomic E-state index is -0.306. The van der Waals surface area contributed by atoms with Gasteiger partial charge in [-0.1, -0.05) is 20.8 Å². The van der Waals surface area contributed by atoms with E-state index in [4.69, 9.17) is 0 Å². The topological polar surface area (TPSA) is 63.9 Å². The zero-order valence-corrected chi connectivity index (χ0v) is 16.4. The molecular weight excluding hydrogens is 326 g/mol. The third-order valence-corrected chi connectivity index (χ3v) is 11.0. The van der Waals surface area contributed by atoms with Gasteiger partial charge >= 0.3 is 0 Å². The van der Waals surface area contributed by atoms with Crippen LogP contribution in [0.25, 0.3) is 0 Å². The number of hydrogen-bond donors (Lipinski definition) is 3.